The second kappa shape index (κ2) is 54.5. The Labute approximate surface area is 448 Å². The van der Waals surface area contributed by atoms with E-state index in [9.17, 15) is 19.4 Å². The number of amides is 1. The van der Waals surface area contributed by atoms with Crippen LogP contribution >= 0.6 is 7.82 Å². The highest BCUT2D eigenvalue weighted by Gasteiger charge is 2.27. The van der Waals surface area contributed by atoms with Gasteiger partial charge in [0.05, 0.1) is 39.9 Å². The molecule has 0 aliphatic rings. The van der Waals surface area contributed by atoms with E-state index in [4.69, 9.17) is 9.05 Å². The first kappa shape index (κ1) is 70.7. The second-order valence-electron chi connectivity index (χ2n) is 22.8. The van der Waals surface area contributed by atoms with Crippen LogP contribution in [0.4, 0.5) is 0 Å². The number of phosphoric acid groups is 1. The summed E-state index contributed by atoms with van der Waals surface area (Å²) >= 11 is 0. The van der Waals surface area contributed by atoms with Crippen molar-refractivity contribution in [2.75, 3.05) is 40.9 Å². The summed E-state index contributed by atoms with van der Waals surface area (Å²) < 4.78 is 23.7. The summed E-state index contributed by atoms with van der Waals surface area (Å²) in [4.78, 5) is 23.3. The number of quaternary nitrogens is 1. The molecule has 0 radical (unpaired) electrons. The normalized spacial score (nSPS) is 14.0. The van der Waals surface area contributed by atoms with Gasteiger partial charge in [0.2, 0.25) is 5.91 Å². The quantitative estimate of drug-likeness (QED) is 0.0243. The van der Waals surface area contributed by atoms with Crippen molar-refractivity contribution in [1.82, 2.24) is 5.32 Å². The van der Waals surface area contributed by atoms with Crippen molar-refractivity contribution < 1.29 is 32.9 Å². The van der Waals surface area contributed by atoms with Gasteiger partial charge in [-0.05, 0) is 44.9 Å². The zero-order chi connectivity index (χ0) is 52.7. The Kier molecular flexibility index (Phi) is 53.5. The number of phosphoric ester groups is 1. The summed E-state index contributed by atoms with van der Waals surface area (Å²) in [5.41, 5.74) is 0. The Morgan fingerprint density at radius 3 is 1.11 bits per heavy atom. The van der Waals surface area contributed by atoms with E-state index in [0.717, 1.165) is 44.9 Å². The van der Waals surface area contributed by atoms with Crippen LogP contribution in [0.25, 0.3) is 0 Å². The van der Waals surface area contributed by atoms with E-state index in [1.54, 1.807) is 6.08 Å². The first-order valence-electron chi connectivity index (χ1n) is 31.4. The molecule has 0 aliphatic carbocycles. The molecule has 0 saturated heterocycles. The van der Waals surface area contributed by atoms with Gasteiger partial charge in [-0.3, -0.25) is 13.8 Å². The van der Waals surface area contributed by atoms with E-state index in [0.29, 0.717) is 17.4 Å². The van der Waals surface area contributed by atoms with Crippen LogP contribution in [0.5, 0.6) is 0 Å². The number of unbranched alkanes of at least 4 members (excludes halogenated alkanes) is 41. The lowest BCUT2D eigenvalue weighted by Crippen LogP contribution is -2.45. The molecule has 9 heteroatoms. The summed E-state index contributed by atoms with van der Waals surface area (Å²) in [6.07, 6.45) is 71.3. The zero-order valence-corrected chi connectivity index (χ0v) is 49.6. The van der Waals surface area contributed by atoms with Crippen LogP contribution in [0, 0.1) is 0 Å². The van der Waals surface area contributed by atoms with Gasteiger partial charge in [-0.2, -0.15) is 0 Å². The molecule has 3 unspecified atom stereocenters. The van der Waals surface area contributed by atoms with E-state index < -0.39 is 20.0 Å². The molecule has 0 heterocycles. The van der Waals surface area contributed by atoms with Gasteiger partial charge in [-0.1, -0.05) is 294 Å². The molecule has 0 saturated carbocycles. The Hall–Kier alpha value is -1.28. The van der Waals surface area contributed by atoms with Gasteiger partial charge < -0.3 is 19.8 Å². The van der Waals surface area contributed by atoms with Crippen LogP contribution < -0.4 is 5.32 Å². The molecular weight excluding hydrogens is 912 g/mol. The van der Waals surface area contributed by atoms with Crippen molar-refractivity contribution in [1.29, 1.82) is 0 Å². The average molecular weight is 1040 g/mol. The van der Waals surface area contributed by atoms with Crippen LogP contribution in [-0.2, 0) is 18.4 Å². The van der Waals surface area contributed by atoms with Gasteiger partial charge in [0.25, 0.3) is 0 Å². The molecule has 0 bridgehead atoms. The maximum Gasteiger partial charge on any atom is 0.472 e. The topological polar surface area (TPSA) is 105 Å². The molecule has 3 N–H and O–H groups in total. The number of allylic oxidation sites excluding steroid dienone is 5. The molecule has 3 atom stereocenters. The minimum absolute atomic E-state index is 0.0553. The fourth-order valence-electron chi connectivity index (χ4n) is 9.43. The highest BCUT2D eigenvalue weighted by Crippen LogP contribution is 2.43. The van der Waals surface area contributed by atoms with Crippen molar-refractivity contribution >= 4 is 13.7 Å². The van der Waals surface area contributed by atoms with E-state index in [1.807, 2.05) is 27.2 Å². The van der Waals surface area contributed by atoms with Gasteiger partial charge in [-0.15, -0.1) is 0 Å². The maximum absolute atomic E-state index is 13.0. The monoisotopic (exact) mass is 1040 g/mol. The molecule has 0 aliphatic heterocycles. The molecule has 1 amide bonds. The lowest BCUT2D eigenvalue weighted by molar-refractivity contribution is -0.870. The fourth-order valence-corrected chi connectivity index (χ4v) is 10.2. The largest absolute Gasteiger partial charge is 0.472 e. The summed E-state index contributed by atoms with van der Waals surface area (Å²) in [5, 5.41) is 13.9. The summed E-state index contributed by atoms with van der Waals surface area (Å²) in [5.74, 6) is -0.185. The number of hydrogen-bond acceptors (Lipinski definition) is 5. The van der Waals surface area contributed by atoms with Crippen molar-refractivity contribution in [2.45, 2.75) is 321 Å². The van der Waals surface area contributed by atoms with Crippen LogP contribution in [-0.4, -0.2) is 73.4 Å². The maximum atomic E-state index is 13.0. The first-order chi connectivity index (χ1) is 35.0. The smallest absolute Gasteiger partial charge is 0.387 e. The molecule has 0 rings (SSSR count). The predicted octanol–water partition coefficient (Wildman–Crippen LogP) is 19.3. The number of carbonyl (C=O) groups is 1. The van der Waals surface area contributed by atoms with Gasteiger partial charge in [0, 0.05) is 6.42 Å². The number of hydrogen-bond donors (Lipinski definition) is 3. The number of nitrogens with one attached hydrogen (secondary N) is 1. The van der Waals surface area contributed by atoms with Crippen LogP contribution in [0.15, 0.2) is 36.5 Å². The highest BCUT2D eigenvalue weighted by molar-refractivity contribution is 7.47. The summed E-state index contributed by atoms with van der Waals surface area (Å²) in [6, 6.07) is -0.868. The number of likely N-dealkylation sites (N-methyl/N-ethyl adjacent to an activating group) is 1. The zero-order valence-electron chi connectivity index (χ0n) is 48.7. The van der Waals surface area contributed by atoms with Crippen LogP contribution in [0.2, 0.25) is 0 Å². The minimum atomic E-state index is -4.36. The standard InChI is InChI=1S/C63H123N2O6P/c1-6-8-10-12-14-16-18-20-22-24-26-28-30-31-32-33-34-35-36-38-40-42-44-46-48-50-52-54-56-62(66)61(60-71-72(68,69)70-59-58-65(3,4)5)64-63(67)57-55-53-51-49-47-45-43-41-39-37-29-27-25-23-21-19-17-15-13-11-9-7-2/h38,40,46,48,54,56,61-62,66H,6-37,39,41-45,47,49-53,55,57-60H2,1-5H3,(H-,64,67,68,69)/p+1/b40-38+,48-46+,56-54+. The van der Waals surface area contributed by atoms with Crippen molar-refractivity contribution in [3.8, 4) is 0 Å². The lowest BCUT2D eigenvalue weighted by atomic mass is 10.0. The van der Waals surface area contributed by atoms with E-state index >= 15 is 0 Å². The molecular formula is C63H124N2O6P+. The van der Waals surface area contributed by atoms with Gasteiger partial charge >= 0.3 is 7.82 Å². The minimum Gasteiger partial charge on any atom is -0.387 e. The molecule has 0 aromatic heterocycles. The van der Waals surface area contributed by atoms with Crippen molar-refractivity contribution in [3.63, 3.8) is 0 Å². The Morgan fingerprint density at radius 1 is 0.458 bits per heavy atom. The number of aliphatic hydroxyl groups excluding tert-OH is 1. The summed E-state index contributed by atoms with van der Waals surface area (Å²) in [7, 11) is 1.56. The molecule has 8 nitrogen and oxygen atoms in total. The van der Waals surface area contributed by atoms with Gasteiger partial charge in [-0.25, -0.2) is 4.57 Å². The second-order valence-corrected chi connectivity index (χ2v) is 24.2. The molecule has 426 valence electrons. The van der Waals surface area contributed by atoms with Crippen LogP contribution in [0.1, 0.15) is 309 Å². The third-order valence-corrected chi connectivity index (χ3v) is 15.3. The molecule has 0 aromatic carbocycles. The molecule has 0 spiro atoms. The average Bonchev–Trinajstić information content (AvgIpc) is 3.34. The third-order valence-electron chi connectivity index (χ3n) is 14.3. The van der Waals surface area contributed by atoms with Gasteiger partial charge in [0.15, 0.2) is 0 Å². The van der Waals surface area contributed by atoms with Crippen LogP contribution in [0.3, 0.4) is 0 Å². The fraction of sp³-hybridized carbons (Fsp3) is 0.889. The molecule has 72 heavy (non-hydrogen) atoms. The Morgan fingerprint density at radius 2 is 0.764 bits per heavy atom. The van der Waals surface area contributed by atoms with Crippen molar-refractivity contribution in [2.24, 2.45) is 0 Å². The van der Waals surface area contributed by atoms with E-state index in [2.05, 4.69) is 43.5 Å². The van der Waals surface area contributed by atoms with E-state index in [1.165, 1.54) is 244 Å². The Bertz CT molecular complexity index is 1270. The Balaban J connectivity index is 4.20. The number of carbonyl (C=O) groups excluding carboxylic acids is 1. The first-order valence-corrected chi connectivity index (χ1v) is 32.9. The van der Waals surface area contributed by atoms with Crippen molar-refractivity contribution in [3.05, 3.63) is 36.5 Å². The SMILES string of the molecule is CCCCCCCCCCCCCCCCCCCC/C=C/CC/C=C/CC/C=C/C(O)C(COP(=O)(O)OCC[N+](C)(C)C)NC(=O)CCCCCCCCCCCCCCCCCCCCCCCC. The molecule has 0 fully saturated rings. The molecule has 0 aromatic rings. The lowest BCUT2D eigenvalue weighted by Gasteiger charge is -2.25. The highest BCUT2D eigenvalue weighted by atomic mass is 31.2. The number of rotatable bonds is 58. The summed E-state index contributed by atoms with van der Waals surface area (Å²) in [6.45, 7) is 4.84. The number of nitrogens with zero attached hydrogens (tertiary/aromatic N) is 1. The number of aliphatic hydroxyl groups is 1. The van der Waals surface area contributed by atoms with E-state index in [-0.39, 0.29) is 19.1 Å². The van der Waals surface area contributed by atoms with Gasteiger partial charge in [0.1, 0.15) is 13.2 Å². The predicted molar refractivity (Wildman–Crippen MR) is 314 cm³/mol. The third kappa shape index (κ3) is 56.4.